The summed E-state index contributed by atoms with van der Waals surface area (Å²) in [6.07, 6.45) is -1.77. The van der Waals surface area contributed by atoms with Crippen LogP contribution in [0.25, 0.3) is 22.2 Å². The second kappa shape index (κ2) is 6.92. The second-order valence-corrected chi connectivity index (χ2v) is 6.30. The summed E-state index contributed by atoms with van der Waals surface area (Å²) in [7, 11) is 0. The minimum Gasteiger partial charge on any atom is -0.354 e. The minimum absolute atomic E-state index is 0.563. The Balaban J connectivity index is 2.14. The molecular weight excluding hydrogens is 325 g/mol. The molecule has 0 bridgehead atoms. The van der Waals surface area contributed by atoms with Crippen LogP contribution in [-0.2, 0) is 12.6 Å². The van der Waals surface area contributed by atoms with Gasteiger partial charge < -0.3 is 10.7 Å². The lowest BCUT2D eigenvalue weighted by Crippen LogP contribution is -2.04. The number of unbranched alkanes of at least 4 members (excludes halogenated alkanes) is 1. The van der Waals surface area contributed by atoms with E-state index in [9.17, 15) is 13.2 Å². The van der Waals surface area contributed by atoms with Crippen molar-refractivity contribution in [3.05, 3.63) is 59.2 Å². The summed E-state index contributed by atoms with van der Waals surface area (Å²) in [4.78, 5) is 3.36. The van der Waals surface area contributed by atoms with Crippen LogP contribution in [0.5, 0.6) is 0 Å². The lowest BCUT2D eigenvalue weighted by molar-refractivity contribution is -0.137. The Labute approximate surface area is 144 Å². The van der Waals surface area contributed by atoms with Gasteiger partial charge in [-0.15, -0.1) is 0 Å². The van der Waals surface area contributed by atoms with Gasteiger partial charge in [-0.1, -0.05) is 30.3 Å². The molecule has 132 valence electrons. The predicted molar refractivity (Wildman–Crippen MR) is 95.5 cm³/mol. The number of aromatic nitrogens is 1. The number of alkyl halides is 3. The molecular formula is C20H21F3N2. The molecule has 0 aliphatic rings. The van der Waals surface area contributed by atoms with Gasteiger partial charge in [0.15, 0.2) is 0 Å². The van der Waals surface area contributed by atoms with E-state index in [0.29, 0.717) is 12.1 Å². The summed E-state index contributed by atoms with van der Waals surface area (Å²) in [5, 5.41) is 1.07. The van der Waals surface area contributed by atoms with Crippen LogP contribution in [0.15, 0.2) is 42.5 Å². The fourth-order valence-electron chi connectivity index (χ4n) is 3.22. The van der Waals surface area contributed by atoms with E-state index in [0.717, 1.165) is 53.1 Å². The largest absolute Gasteiger partial charge is 0.416 e. The molecule has 1 heterocycles. The third-order valence-corrected chi connectivity index (χ3v) is 4.51. The molecule has 3 aromatic rings. The van der Waals surface area contributed by atoms with Gasteiger partial charge in [0, 0.05) is 16.6 Å². The SMILES string of the molecule is Cc1cccc2c(CCCCN)c(-c3cccc(C(F)(F)F)c3)[nH]c12. The topological polar surface area (TPSA) is 41.8 Å². The molecule has 0 saturated heterocycles. The number of para-hydroxylation sites is 1. The maximum atomic E-state index is 13.1. The lowest BCUT2D eigenvalue weighted by Gasteiger charge is -2.10. The van der Waals surface area contributed by atoms with Crippen molar-refractivity contribution >= 4 is 10.9 Å². The summed E-state index contributed by atoms with van der Waals surface area (Å²) in [6.45, 7) is 2.61. The number of H-pyrrole nitrogens is 1. The van der Waals surface area contributed by atoms with E-state index >= 15 is 0 Å². The molecule has 25 heavy (non-hydrogen) atoms. The average Bonchev–Trinajstić information content (AvgIpc) is 2.95. The molecule has 0 fully saturated rings. The highest BCUT2D eigenvalue weighted by atomic mass is 19.4. The first kappa shape index (κ1) is 17.5. The summed E-state index contributed by atoms with van der Waals surface area (Å²) >= 11 is 0. The summed E-state index contributed by atoms with van der Waals surface area (Å²) in [6, 6.07) is 11.5. The summed E-state index contributed by atoms with van der Waals surface area (Å²) in [5.74, 6) is 0. The molecule has 0 atom stereocenters. The number of rotatable bonds is 5. The Morgan fingerprint density at radius 2 is 1.80 bits per heavy atom. The molecule has 3 N–H and O–H groups in total. The molecule has 0 saturated carbocycles. The zero-order valence-corrected chi connectivity index (χ0v) is 14.1. The number of nitrogens with one attached hydrogen (secondary N) is 1. The number of halogens is 3. The van der Waals surface area contributed by atoms with Crippen LogP contribution in [-0.4, -0.2) is 11.5 Å². The van der Waals surface area contributed by atoms with Gasteiger partial charge in [-0.2, -0.15) is 13.2 Å². The highest BCUT2D eigenvalue weighted by Gasteiger charge is 2.30. The Bertz CT molecular complexity index is 878. The Hall–Kier alpha value is -2.27. The van der Waals surface area contributed by atoms with E-state index in [2.05, 4.69) is 4.98 Å². The molecule has 0 radical (unpaired) electrons. The van der Waals surface area contributed by atoms with E-state index in [1.165, 1.54) is 12.1 Å². The van der Waals surface area contributed by atoms with Crippen molar-refractivity contribution < 1.29 is 13.2 Å². The number of aromatic amines is 1. The minimum atomic E-state index is -4.35. The summed E-state index contributed by atoms with van der Waals surface area (Å²) in [5.41, 5.74) is 9.42. The maximum Gasteiger partial charge on any atom is 0.416 e. The lowest BCUT2D eigenvalue weighted by atomic mass is 9.98. The van der Waals surface area contributed by atoms with Crippen LogP contribution in [0.2, 0.25) is 0 Å². The first-order valence-electron chi connectivity index (χ1n) is 8.39. The Morgan fingerprint density at radius 1 is 1.04 bits per heavy atom. The molecule has 1 aromatic heterocycles. The molecule has 3 rings (SSSR count). The van der Waals surface area contributed by atoms with Crippen LogP contribution in [0.4, 0.5) is 13.2 Å². The van der Waals surface area contributed by atoms with Crippen molar-refractivity contribution in [3.8, 4) is 11.3 Å². The number of fused-ring (bicyclic) bond motifs is 1. The van der Waals surface area contributed by atoms with Crippen LogP contribution < -0.4 is 5.73 Å². The molecule has 2 nitrogen and oxygen atoms in total. The highest BCUT2D eigenvalue weighted by Crippen LogP contribution is 2.36. The average molecular weight is 346 g/mol. The molecule has 5 heteroatoms. The monoisotopic (exact) mass is 346 g/mol. The van der Waals surface area contributed by atoms with Crippen molar-refractivity contribution in [1.82, 2.24) is 4.98 Å². The van der Waals surface area contributed by atoms with E-state index in [-0.39, 0.29) is 0 Å². The maximum absolute atomic E-state index is 13.1. The van der Waals surface area contributed by atoms with Crippen LogP contribution in [0.3, 0.4) is 0 Å². The molecule has 0 aliphatic heterocycles. The van der Waals surface area contributed by atoms with Crippen molar-refractivity contribution in [2.45, 2.75) is 32.4 Å². The van der Waals surface area contributed by atoms with E-state index in [1.54, 1.807) is 6.07 Å². The molecule has 0 spiro atoms. The van der Waals surface area contributed by atoms with Gasteiger partial charge in [0.1, 0.15) is 0 Å². The number of hydrogen-bond acceptors (Lipinski definition) is 1. The Kier molecular flexibility index (Phi) is 4.86. The number of benzene rings is 2. The first-order valence-corrected chi connectivity index (χ1v) is 8.39. The molecule has 2 aromatic carbocycles. The van der Waals surface area contributed by atoms with Crippen molar-refractivity contribution in [3.63, 3.8) is 0 Å². The van der Waals surface area contributed by atoms with Crippen LogP contribution >= 0.6 is 0 Å². The third kappa shape index (κ3) is 3.56. The smallest absolute Gasteiger partial charge is 0.354 e. The summed E-state index contributed by atoms with van der Waals surface area (Å²) < 4.78 is 39.2. The predicted octanol–water partition coefficient (Wildman–Crippen LogP) is 5.44. The van der Waals surface area contributed by atoms with Crippen molar-refractivity contribution in [1.29, 1.82) is 0 Å². The Morgan fingerprint density at radius 3 is 2.52 bits per heavy atom. The third-order valence-electron chi connectivity index (χ3n) is 4.51. The van der Waals surface area contributed by atoms with Gasteiger partial charge in [0.2, 0.25) is 0 Å². The molecule has 0 amide bonds. The van der Waals surface area contributed by atoms with Gasteiger partial charge >= 0.3 is 6.18 Å². The van der Waals surface area contributed by atoms with Crippen molar-refractivity contribution in [2.24, 2.45) is 5.73 Å². The quantitative estimate of drug-likeness (QED) is 0.593. The number of nitrogens with two attached hydrogens (primary N) is 1. The molecule has 0 aliphatic carbocycles. The second-order valence-electron chi connectivity index (χ2n) is 6.30. The van der Waals surface area contributed by atoms with Gasteiger partial charge in [0.05, 0.1) is 5.56 Å². The normalized spacial score (nSPS) is 12.0. The fourth-order valence-corrected chi connectivity index (χ4v) is 3.22. The van der Waals surface area contributed by atoms with Crippen LogP contribution in [0, 0.1) is 6.92 Å². The standard InChI is InChI=1S/C20H21F3N2/c1-13-6-4-10-16-17(9-2-3-11-24)19(25-18(13)16)14-7-5-8-15(12-14)20(21,22)23/h4-8,10,12,25H,2-3,9,11,24H2,1H3. The zero-order valence-electron chi connectivity index (χ0n) is 14.1. The van der Waals surface area contributed by atoms with E-state index in [4.69, 9.17) is 5.73 Å². The first-order chi connectivity index (χ1) is 11.9. The van der Waals surface area contributed by atoms with Gasteiger partial charge in [-0.25, -0.2) is 0 Å². The number of aryl methyl sites for hydroxylation is 2. The van der Waals surface area contributed by atoms with Gasteiger partial charge in [-0.3, -0.25) is 0 Å². The van der Waals surface area contributed by atoms with Crippen LogP contribution in [0.1, 0.15) is 29.5 Å². The molecule has 0 unspecified atom stereocenters. The van der Waals surface area contributed by atoms with E-state index in [1.807, 2.05) is 25.1 Å². The fraction of sp³-hybridized carbons (Fsp3) is 0.300. The number of hydrogen-bond donors (Lipinski definition) is 2. The highest BCUT2D eigenvalue weighted by molar-refractivity contribution is 5.92. The van der Waals surface area contributed by atoms with E-state index < -0.39 is 11.7 Å². The van der Waals surface area contributed by atoms with Crippen molar-refractivity contribution in [2.75, 3.05) is 6.54 Å². The van der Waals surface area contributed by atoms with Gasteiger partial charge in [0.25, 0.3) is 0 Å². The zero-order chi connectivity index (χ0) is 18.0. The van der Waals surface area contributed by atoms with Gasteiger partial charge in [-0.05, 0) is 61.6 Å².